The van der Waals surface area contributed by atoms with E-state index in [4.69, 9.17) is 5.73 Å². The average molecular weight is 266 g/mol. The van der Waals surface area contributed by atoms with Crippen LogP contribution in [-0.2, 0) is 0 Å². The summed E-state index contributed by atoms with van der Waals surface area (Å²) in [6, 6.07) is 0.760. The highest BCUT2D eigenvalue weighted by Crippen LogP contribution is 2.50. The van der Waals surface area contributed by atoms with E-state index in [1.54, 1.807) is 0 Å². The zero-order valence-corrected chi connectivity index (χ0v) is 13.7. The Morgan fingerprint density at radius 1 is 1.11 bits per heavy atom. The second kappa shape index (κ2) is 5.37. The van der Waals surface area contributed by atoms with Crippen LogP contribution in [0.25, 0.3) is 0 Å². The summed E-state index contributed by atoms with van der Waals surface area (Å²) in [7, 11) is 2.35. The lowest BCUT2D eigenvalue weighted by Gasteiger charge is -2.48. The van der Waals surface area contributed by atoms with Crippen molar-refractivity contribution in [3.05, 3.63) is 0 Å². The van der Waals surface area contributed by atoms with Crippen molar-refractivity contribution in [1.82, 2.24) is 4.90 Å². The third-order valence-electron chi connectivity index (χ3n) is 6.15. The molecule has 0 heterocycles. The minimum absolute atomic E-state index is 0.245. The number of nitrogens with two attached hydrogens (primary N) is 1. The Hall–Kier alpha value is -0.0800. The lowest BCUT2D eigenvalue weighted by atomic mass is 9.80. The van der Waals surface area contributed by atoms with Gasteiger partial charge in [-0.1, -0.05) is 27.7 Å². The van der Waals surface area contributed by atoms with Gasteiger partial charge in [0.2, 0.25) is 0 Å². The molecule has 2 aliphatic rings. The van der Waals surface area contributed by atoms with Gasteiger partial charge in [0, 0.05) is 18.1 Å². The Bertz CT molecular complexity index is 304. The monoisotopic (exact) mass is 266 g/mol. The van der Waals surface area contributed by atoms with E-state index in [1.807, 2.05) is 0 Å². The maximum atomic E-state index is 6.27. The fourth-order valence-electron chi connectivity index (χ4n) is 4.98. The largest absolute Gasteiger partial charge is 0.329 e. The van der Waals surface area contributed by atoms with Crippen molar-refractivity contribution in [1.29, 1.82) is 0 Å². The van der Waals surface area contributed by atoms with E-state index < -0.39 is 0 Å². The van der Waals surface area contributed by atoms with Crippen molar-refractivity contribution in [3.63, 3.8) is 0 Å². The van der Waals surface area contributed by atoms with Gasteiger partial charge in [-0.05, 0) is 62.8 Å². The van der Waals surface area contributed by atoms with Gasteiger partial charge < -0.3 is 5.73 Å². The fourth-order valence-corrected chi connectivity index (χ4v) is 4.98. The fraction of sp³-hybridized carbons (Fsp3) is 1.00. The van der Waals surface area contributed by atoms with Crippen molar-refractivity contribution >= 4 is 0 Å². The van der Waals surface area contributed by atoms with Crippen LogP contribution in [-0.4, -0.2) is 30.1 Å². The molecule has 2 atom stereocenters. The predicted octanol–water partition coefficient (Wildman–Crippen LogP) is 3.65. The van der Waals surface area contributed by atoms with E-state index in [2.05, 4.69) is 39.6 Å². The molecule has 2 rings (SSSR count). The molecule has 2 fully saturated rings. The summed E-state index contributed by atoms with van der Waals surface area (Å²) in [6.07, 6.45) is 8.11. The van der Waals surface area contributed by atoms with Gasteiger partial charge in [-0.2, -0.15) is 0 Å². The Balaban J connectivity index is 2.13. The quantitative estimate of drug-likeness (QED) is 0.845. The molecule has 0 aromatic carbocycles. The second-order valence-electron chi connectivity index (χ2n) is 8.28. The van der Waals surface area contributed by atoms with Crippen LogP contribution in [0.5, 0.6) is 0 Å². The molecule has 0 amide bonds. The van der Waals surface area contributed by atoms with Gasteiger partial charge in [-0.3, -0.25) is 4.90 Å². The molecule has 0 radical (unpaired) electrons. The standard InChI is InChI=1S/C17H34N2/c1-13-6-8-15(9-7-13)19(5)17(12-18)11-16(3,4)10-14(17)2/h13-15H,6-12,18H2,1-5H3. The number of hydrogen-bond donors (Lipinski definition) is 1. The zero-order chi connectivity index (χ0) is 14.3. The molecule has 0 saturated heterocycles. The van der Waals surface area contributed by atoms with Crippen molar-refractivity contribution in [3.8, 4) is 0 Å². The van der Waals surface area contributed by atoms with Crippen LogP contribution < -0.4 is 5.73 Å². The molecule has 2 unspecified atom stereocenters. The third kappa shape index (κ3) is 2.85. The molecule has 112 valence electrons. The minimum Gasteiger partial charge on any atom is -0.329 e. The molecule has 0 bridgehead atoms. The lowest BCUT2D eigenvalue weighted by molar-refractivity contribution is 0.0239. The van der Waals surface area contributed by atoms with Gasteiger partial charge in [0.05, 0.1) is 0 Å². The summed E-state index contributed by atoms with van der Waals surface area (Å²) in [6.45, 7) is 10.5. The first-order chi connectivity index (χ1) is 8.81. The summed E-state index contributed by atoms with van der Waals surface area (Å²) in [5.74, 6) is 1.65. The number of likely N-dealkylation sites (N-methyl/N-ethyl adjacent to an activating group) is 1. The van der Waals surface area contributed by atoms with Crippen molar-refractivity contribution in [2.75, 3.05) is 13.6 Å². The second-order valence-corrected chi connectivity index (χ2v) is 8.28. The molecule has 0 aromatic rings. The van der Waals surface area contributed by atoms with Crippen LogP contribution in [0.1, 0.15) is 66.2 Å². The molecule has 0 aromatic heterocycles. The van der Waals surface area contributed by atoms with E-state index in [0.29, 0.717) is 5.41 Å². The van der Waals surface area contributed by atoms with Gasteiger partial charge in [0.1, 0.15) is 0 Å². The highest BCUT2D eigenvalue weighted by molar-refractivity contribution is 5.06. The van der Waals surface area contributed by atoms with Crippen LogP contribution in [0, 0.1) is 17.3 Å². The number of hydrogen-bond acceptors (Lipinski definition) is 2. The summed E-state index contributed by atoms with van der Waals surface area (Å²) in [5, 5.41) is 0. The molecule has 2 N–H and O–H groups in total. The van der Waals surface area contributed by atoms with Crippen LogP contribution in [0.4, 0.5) is 0 Å². The predicted molar refractivity (Wildman–Crippen MR) is 83.1 cm³/mol. The van der Waals surface area contributed by atoms with Gasteiger partial charge >= 0.3 is 0 Å². The Morgan fingerprint density at radius 3 is 2.11 bits per heavy atom. The van der Waals surface area contributed by atoms with E-state index in [9.17, 15) is 0 Å². The summed E-state index contributed by atoms with van der Waals surface area (Å²) in [4.78, 5) is 2.69. The molecule has 19 heavy (non-hydrogen) atoms. The molecular formula is C17H34N2. The maximum absolute atomic E-state index is 6.27. The summed E-state index contributed by atoms with van der Waals surface area (Å²) >= 11 is 0. The van der Waals surface area contributed by atoms with Crippen LogP contribution in [0.3, 0.4) is 0 Å². The molecule has 2 saturated carbocycles. The average Bonchev–Trinajstić information content (AvgIpc) is 2.59. The molecular weight excluding hydrogens is 232 g/mol. The minimum atomic E-state index is 0.245. The van der Waals surface area contributed by atoms with Gasteiger partial charge in [0.15, 0.2) is 0 Å². The van der Waals surface area contributed by atoms with Crippen molar-refractivity contribution in [2.24, 2.45) is 23.0 Å². The number of rotatable bonds is 3. The first-order valence-corrected chi connectivity index (χ1v) is 8.24. The van der Waals surface area contributed by atoms with Crippen LogP contribution in [0.2, 0.25) is 0 Å². The van der Waals surface area contributed by atoms with E-state index >= 15 is 0 Å². The SMILES string of the molecule is CC1CCC(N(C)C2(CN)CC(C)(C)CC2C)CC1. The van der Waals surface area contributed by atoms with Crippen LogP contribution >= 0.6 is 0 Å². The van der Waals surface area contributed by atoms with Crippen molar-refractivity contribution < 1.29 is 0 Å². The highest BCUT2D eigenvalue weighted by atomic mass is 15.2. The Labute approximate surface area is 120 Å². The van der Waals surface area contributed by atoms with Gasteiger partial charge in [-0.25, -0.2) is 0 Å². The summed E-state index contributed by atoms with van der Waals surface area (Å²) in [5.41, 5.74) is 6.97. The zero-order valence-electron chi connectivity index (χ0n) is 13.7. The van der Waals surface area contributed by atoms with Crippen LogP contribution in [0.15, 0.2) is 0 Å². The Morgan fingerprint density at radius 2 is 1.68 bits per heavy atom. The molecule has 2 heteroatoms. The molecule has 2 aliphatic carbocycles. The topological polar surface area (TPSA) is 29.3 Å². The van der Waals surface area contributed by atoms with Gasteiger partial charge in [-0.15, -0.1) is 0 Å². The van der Waals surface area contributed by atoms with Crippen molar-refractivity contribution in [2.45, 2.75) is 77.8 Å². The number of nitrogens with zero attached hydrogens (tertiary/aromatic N) is 1. The Kier molecular flexibility index (Phi) is 4.32. The maximum Gasteiger partial charge on any atom is 0.0362 e. The van der Waals surface area contributed by atoms with E-state index in [0.717, 1.165) is 24.4 Å². The first-order valence-electron chi connectivity index (χ1n) is 8.24. The van der Waals surface area contributed by atoms with E-state index in [-0.39, 0.29) is 5.54 Å². The summed E-state index contributed by atoms with van der Waals surface area (Å²) < 4.78 is 0. The molecule has 0 aliphatic heterocycles. The smallest absolute Gasteiger partial charge is 0.0362 e. The molecule has 0 spiro atoms. The molecule has 2 nitrogen and oxygen atoms in total. The normalized spacial score (nSPS) is 42.8. The highest BCUT2D eigenvalue weighted by Gasteiger charge is 2.51. The van der Waals surface area contributed by atoms with Gasteiger partial charge in [0.25, 0.3) is 0 Å². The lowest BCUT2D eigenvalue weighted by Crippen LogP contribution is -2.58. The third-order valence-corrected chi connectivity index (χ3v) is 6.15. The van der Waals surface area contributed by atoms with E-state index in [1.165, 1.54) is 38.5 Å². The first kappa shape index (κ1) is 15.3.